The van der Waals surface area contributed by atoms with Crippen LogP contribution in [0.15, 0.2) is 75.9 Å². The standard InChI is InChI=1S/C24H17FO5/c25-18-8-5-16(6-9-18)20(26)10-12-22(27)29-14-17-13-23(28)30-21-11-7-15-3-1-2-4-19(15)24(17)21/h1-9,11,13H,10,12,14H2. The van der Waals surface area contributed by atoms with Crippen LogP contribution in [0.1, 0.15) is 28.8 Å². The van der Waals surface area contributed by atoms with Crippen LogP contribution in [0.4, 0.5) is 4.39 Å². The van der Waals surface area contributed by atoms with Gasteiger partial charge in [-0.1, -0.05) is 30.3 Å². The molecule has 0 unspecified atom stereocenters. The van der Waals surface area contributed by atoms with Gasteiger partial charge in [0.2, 0.25) is 0 Å². The summed E-state index contributed by atoms with van der Waals surface area (Å²) in [5.74, 6) is -1.27. The molecule has 4 rings (SSSR count). The minimum atomic E-state index is -0.563. The molecule has 4 aromatic rings. The van der Waals surface area contributed by atoms with Crippen molar-refractivity contribution in [3.63, 3.8) is 0 Å². The minimum absolute atomic E-state index is 0.0505. The number of esters is 1. The van der Waals surface area contributed by atoms with E-state index >= 15 is 0 Å². The Labute approximate surface area is 170 Å². The van der Waals surface area contributed by atoms with Gasteiger partial charge in [0.1, 0.15) is 18.0 Å². The van der Waals surface area contributed by atoms with E-state index in [-0.39, 0.29) is 25.2 Å². The molecule has 0 radical (unpaired) electrons. The summed E-state index contributed by atoms with van der Waals surface area (Å²) in [6.07, 6.45) is -0.165. The van der Waals surface area contributed by atoms with Crippen molar-refractivity contribution in [3.05, 3.63) is 94.1 Å². The molecule has 1 heterocycles. The largest absolute Gasteiger partial charge is 0.461 e. The van der Waals surface area contributed by atoms with E-state index < -0.39 is 17.4 Å². The van der Waals surface area contributed by atoms with Crippen molar-refractivity contribution in [3.8, 4) is 0 Å². The average Bonchev–Trinajstić information content (AvgIpc) is 2.75. The Kier molecular flexibility index (Phi) is 5.39. The van der Waals surface area contributed by atoms with Gasteiger partial charge >= 0.3 is 11.6 Å². The topological polar surface area (TPSA) is 73.6 Å². The van der Waals surface area contributed by atoms with E-state index in [4.69, 9.17) is 9.15 Å². The normalized spacial score (nSPS) is 11.0. The highest BCUT2D eigenvalue weighted by molar-refractivity contribution is 6.07. The van der Waals surface area contributed by atoms with E-state index in [1.165, 1.54) is 30.3 Å². The molecule has 1 aromatic heterocycles. The fourth-order valence-electron chi connectivity index (χ4n) is 3.36. The predicted octanol–water partition coefficient (Wildman–Crippen LogP) is 4.79. The lowest BCUT2D eigenvalue weighted by molar-refractivity contribution is -0.144. The molecule has 0 amide bonds. The van der Waals surface area contributed by atoms with Gasteiger partial charge in [0.25, 0.3) is 0 Å². The van der Waals surface area contributed by atoms with Gasteiger partial charge in [-0.25, -0.2) is 9.18 Å². The second-order valence-electron chi connectivity index (χ2n) is 6.84. The van der Waals surface area contributed by atoms with Crippen molar-refractivity contribution in [2.24, 2.45) is 0 Å². The average molecular weight is 404 g/mol. The maximum absolute atomic E-state index is 12.9. The highest BCUT2D eigenvalue weighted by Crippen LogP contribution is 2.27. The quantitative estimate of drug-likeness (QED) is 0.200. The molecule has 0 saturated heterocycles. The number of ketones is 1. The maximum atomic E-state index is 12.9. The lowest BCUT2D eigenvalue weighted by atomic mass is 10.0. The first-order chi connectivity index (χ1) is 14.5. The molecule has 5 nitrogen and oxygen atoms in total. The molecule has 6 heteroatoms. The summed E-state index contributed by atoms with van der Waals surface area (Å²) in [4.78, 5) is 36.2. The van der Waals surface area contributed by atoms with Crippen LogP contribution in [0.2, 0.25) is 0 Å². The maximum Gasteiger partial charge on any atom is 0.336 e. The number of rotatable bonds is 6. The highest BCUT2D eigenvalue weighted by atomic mass is 19.1. The van der Waals surface area contributed by atoms with Gasteiger partial charge in [-0.3, -0.25) is 9.59 Å². The smallest absolute Gasteiger partial charge is 0.336 e. The number of hydrogen-bond acceptors (Lipinski definition) is 5. The van der Waals surface area contributed by atoms with Crippen LogP contribution in [-0.2, 0) is 16.1 Å². The van der Waals surface area contributed by atoms with E-state index in [9.17, 15) is 18.8 Å². The lowest BCUT2D eigenvalue weighted by Gasteiger charge is -2.09. The third kappa shape index (κ3) is 4.12. The van der Waals surface area contributed by atoms with Gasteiger partial charge in [-0.15, -0.1) is 0 Å². The van der Waals surface area contributed by atoms with Gasteiger partial charge in [0.15, 0.2) is 5.78 Å². The van der Waals surface area contributed by atoms with Crippen LogP contribution >= 0.6 is 0 Å². The number of fused-ring (bicyclic) bond motifs is 3. The molecular weight excluding hydrogens is 387 g/mol. The zero-order valence-corrected chi connectivity index (χ0v) is 15.9. The number of benzene rings is 3. The summed E-state index contributed by atoms with van der Waals surface area (Å²) < 4.78 is 23.5. The summed E-state index contributed by atoms with van der Waals surface area (Å²) in [5, 5.41) is 2.57. The molecule has 0 aliphatic rings. The summed E-state index contributed by atoms with van der Waals surface area (Å²) in [5.41, 5.74) is 0.757. The Morgan fingerprint density at radius 1 is 0.933 bits per heavy atom. The Hall–Kier alpha value is -3.80. The summed E-state index contributed by atoms with van der Waals surface area (Å²) in [7, 11) is 0. The van der Waals surface area contributed by atoms with E-state index in [2.05, 4.69) is 0 Å². The second kappa shape index (κ2) is 8.29. The Morgan fingerprint density at radius 3 is 2.50 bits per heavy atom. The van der Waals surface area contributed by atoms with E-state index in [1.807, 2.05) is 30.3 Å². The fraction of sp³-hybridized carbons (Fsp3) is 0.125. The molecule has 0 aliphatic heterocycles. The van der Waals surface area contributed by atoms with Crippen molar-refractivity contribution < 1.29 is 23.1 Å². The second-order valence-corrected chi connectivity index (χ2v) is 6.84. The lowest BCUT2D eigenvalue weighted by Crippen LogP contribution is -2.10. The van der Waals surface area contributed by atoms with Crippen molar-refractivity contribution in [2.75, 3.05) is 0 Å². The molecule has 3 aromatic carbocycles. The summed E-state index contributed by atoms with van der Waals surface area (Å²) in [6, 6.07) is 17.7. The molecule has 150 valence electrons. The van der Waals surface area contributed by atoms with E-state index in [1.54, 1.807) is 6.07 Å². The SMILES string of the molecule is O=C(CCC(=O)c1ccc(F)cc1)OCc1cc(=O)oc2ccc3ccccc3c12. The third-order valence-corrected chi connectivity index (χ3v) is 4.83. The van der Waals surface area contributed by atoms with Crippen LogP contribution < -0.4 is 5.63 Å². The van der Waals surface area contributed by atoms with Gasteiger partial charge in [-0.05, 0) is 41.1 Å². The zero-order chi connectivity index (χ0) is 21.1. The van der Waals surface area contributed by atoms with Gasteiger partial charge in [0.05, 0.1) is 6.42 Å². The Bertz CT molecular complexity index is 1300. The van der Waals surface area contributed by atoms with Crippen molar-refractivity contribution in [1.82, 2.24) is 0 Å². The molecular formula is C24H17FO5. The molecule has 0 spiro atoms. The number of carbonyl (C=O) groups excluding carboxylic acids is 2. The van der Waals surface area contributed by atoms with Crippen LogP contribution in [0.25, 0.3) is 21.7 Å². The van der Waals surface area contributed by atoms with E-state index in [0.717, 1.165) is 10.8 Å². The minimum Gasteiger partial charge on any atom is -0.461 e. The van der Waals surface area contributed by atoms with Gasteiger partial charge in [-0.2, -0.15) is 0 Å². The Morgan fingerprint density at radius 2 is 1.70 bits per heavy atom. The molecule has 0 atom stereocenters. The Balaban J connectivity index is 1.48. The zero-order valence-electron chi connectivity index (χ0n) is 15.9. The van der Waals surface area contributed by atoms with Crippen LogP contribution in [-0.4, -0.2) is 11.8 Å². The van der Waals surface area contributed by atoms with Crippen molar-refractivity contribution in [1.29, 1.82) is 0 Å². The molecule has 30 heavy (non-hydrogen) atoms. The van der Waals surface area contributed by atoms with Crippen molar-refractivity contribution >= 4 is 33.5 Å². The van der Waals surface area contributed by atoms with Gasteiger partial charge < -0.3 is 9.15 Å². The van der Waals surface area contributed by atoms with Crippen LogP contribution in [0, 0.1) is 5.82 Å². The van der Waals surface area contributed by atoms with Crippen molar-refractivity contribution in [2.45, 2.75) is 19.4 Å². The highest BCUT2D eigenvalue weighted by Gasteiger charge is 2.14. The van der Waals surface area contributed by atoms with E-state index in [0.29, 0.717) is 22.1 Å². The molecule has 0 bridgehead atoms. The predicted molar refractivity (Wildman–Crippen MR) is 110 cm³/mol. The number of Topliss-reactive ketones (excluding diaryl/α,β-unsaturated/α-hetero) is 1. The first-order valence-corrected chi connectivity index (χ1v) is 9.40. The first-order valence-electron chi connectivity index (χ1n) is 9.40. The van der Waals surface area contributed by atoms with Gasteiger partial charge in [0, 0.05) is 29.0 Å². The van der Waals surface area contributed by atoms with Crippen LogP contribution in [0.3, 0.4) is 0 Å². The number of ether oxygens (including phenoxy) is 1. The summed E-state index contributed by atoms with van der Waals surface area (Å²) >= 11 is 0. The fourth-order valence-corrected chi connectivity index (χ4v) is 3.36. The number of hydrogen-bond donors (Lipinski definition) is 0. The molecule has 0 N–H and O–H groups in total. The third-order valence-electron chi connectivity index (χ3n) is 4.83. The first kappa shape index (κ1) is 19.5. The monoisotopic (exact) mass is 404 g/mol. The summed E-state index contributed by atoms with van der Waals surface area (Å²) in [6.45, 7) is -0.111. The number of halogens is 1. The number of carbonyl (C=O) groups is 2. The molecule has 0 fully saturated rings. The molecule has 0 saturated carbocycles. The molecule has 0 aliphatic carbocycles. The van der Waals surface area contributed by atoms with Crippen LogP contribution in [0.5, 0.6) is 0 Å².